The van der Waals surface area contributed by atoms with Gasteiger partial charge in [-0.1, -0.05) is 11.6 Å². The van der Waals surface area contributed by atoms with E-state index in [4.69, 9.17) is 16.3 Å². The van der Waals surface area contributed by atoms with Gasteiger partial charge in [0, 0.05) is 22.0 Å². The number of imide groups is 1. The van der Waals surface area contributed by atoms with E-state index in [2.05, 4.69) is 15.3 Å². The van der Waals surface area contributed by atoms with Gasteiger partial charge >= 0.3 is 0 Å². The number of benzene rings is 1. The summed E-state index contributed by atoms with van der Waals surface area (Å²) in [5.74, 6) is 0.144. The van der Waals surface area contributed by atoms with Crippen LogP contribution in [-0.4, -0.2) is 52.0 Å². The highest BCUT2D eigenvalue weighted by molar-refractivity contribution is 7.19. The van der Waals surface area contributed by atoms with Crippen LogP contribution in [0.5, 0.6) is 5.75 Å². The smallest absolute Gasteiger partial charge is 0.233 e. The highest BCUT2D eigenvalue weighted by Crippen LogP contribution is 2.48. The van der Waals surface area contributed by atoms with Gasteiger partial charge in [-0.05, 0) is 50.1 Å². The molecule has 3 aromatic rings. The van der Waals surface area contributed by atoms with Gasteiger partial charge in [0.05, 0.1) is 34.3 Å². The summed E-state index contributed by atoms with van der Waals surface area (Å²) in [5.41, 5.74) is 2.81. The van der Waals surface area contributed by atoms with Crippen molar-refractivity contribution >= 4 is 69.8 Å². The number of ether oxygens (including phenoxy) is 1. The van der Waals surface area contributed by atoms with Gasteiger partial charge in [0.15, 0.2) is 0 Å². The summed E-state index contributed by atoms with van der Waals surface area (Å²) in [6, 6.07) is 5.46. The Hall–Kier alpha value is -2.04. The Bertz CT molecular complexity index is 1320. The fourth-order valence-corrected chi connectivity index (χ4v) is 6.25. The van der Waals surface area contributed by atoms with Crippen LogP contribution >= 0.6 is 47.8 Å². The quantitative estimate of drug-likeness (QED) is 0.444. The topological polar surface area (TPSA) is 84.4 Å². The standard InChI is InChI=1S/C24H22ClFN4O3S.2ClH/c1-11-4-12(25)5-16(21(11)33-19-2-3-27-8-17(19)26)20-22-18(28-10-29-20)6-13(34-22)9-30-23(31)14-7-15(14)24(30)32;;/h4-6,10,14-15,17,19,27H,2-3,7-9H2,1H3;2*1H/t14?,15?,17-,19-;;/m1../s1. The zero-order chi connectivity index (χ0) is 23.6. The first-order valence-corrected chi connectivity index (χ1v) is 12.5. The Balaban J connectivity index is 0.00000152. The molecule has 0 spiro atoms. The molecule has 2 saturated heterocycles. The van der Waals surface area contributed by atoms with Crippen molar-refractivity contribution in [3.05, 3.63) is 40.0 Å². The number of alkyl halides is 1. The van der Waals surface area contributed by atoms with E-state index in [9.17, 15) is 14.0 Å². The number of nitrogens with one attached hydrogen (secondary N) is 1. The minimum atomic E-state index is -1.11. The van der Waals surface area contributed by atoms with Crippen LogP contribution in [0.3, 0.4) is 0 Å². The van der Waals surface area contributed by atoms with Gasteiger partial charge in [-0.2, -0.15) is 0 Å². The number of nitrogens with zero attached hydrogens (tertiary/aromatic N) is 3. The third-order valence-electron chi connectivity index (χ3n) is 6.75. The summed E-state index contributed by atoms with van der Waals surface area (Å²) in [7, 11) is 0. The molecule has 0 radical (unpaired) electrons. The number of piperidine rings is 2. The molecule has 1 saturated carbocycles. The van der Waals surface area contributed by atoms with Crippen LogP contribution in [0.15, 0.2) is 24.5 Å². The molecule has 4 atom stereocenters. The lowest BCUT2D eigenvalue weighted by Gasteiger charge is -2.29. The first-order chi connectivity index (χ1) is 16.4. The highest BCUT2D eigenvalue weighted by Gasteiger charge is 2.58. The van der Waals surface area contributed by atoms with E-state index in [1.807, 2.05) is 13.0 Å². The third-order valence-corrected chi connectivity index (χ3v) is 8.08. The molecular formula is C24H24Cl3FN4O3S. The third kappa shape index (κ3) is 4.67. The first-order valence-electron chi connectivity index (χ1n) is 11.3. The van der Waals surface area contributed by atoms with Crippen LogP contribution in [0.25, 0.3) is 21.5 Å². The van der Waals surface area contributed by atoms with Gasteiger partial charge < -0.3 is 10.1 Å². The Morgan fingerprint density at radius 3 is 2.67 bits per heavy atom. The molecule has 3 fully saturated rings. The molecule has 4 heterocycles. The maximum atomic E-state index is 14.5. The van der Waals surface area contributed by atoms with E-state index in [0.717, 1.165) is 15.1 Å². The van der Waals surface area contributed by atoms with Crippen molar-refractivity contribution in [2.45, 2.75) is 38.6 Å². The maximum Gasteiger partial charge on any atom is 0.233 e. The number of aromatic nitrogens is 2. The normalized spacial score (nSPS) is 24.8. The molecule has 1 aromatic carbocycles. The van der Waals surface area contributed by atoms with Gasteiger partial charge in [-0.3, -0.25) is 14.5 Å². The number of fused-ring (bicyclic) bond motifs is 2. The van der Waals surface area contributed by atoms with E-state index in [1.165, 1.54) is 22.6 Å². The lowest BCUT2D eigenvalue weighted by molar-refractivity contribution is -0.141. The van der Waals surface area contributed by atoms with Gasteiger partial charge in [0.2, 0.25) is 11.8 Å². The van der Waals surface area contributed by atoms with Crippen LogP contribution < -0.4 is 10.1 Å². The molecular weight excluding hydrogens is 550 g/mol. The van der Waals surface area contributed by atoms with Crippen molar-refractivity contribution in [3.8, 4) is 17.0 Å². The second kappa shape index (κ2) is 10.4. The minimum absolute atomic E-state index is 0. The largest absolute Gasteiger partial charge is 0.486 e. The van der Waals surface area contributed by atoms with Gasteiger partial charge in [-0.15, -0.1) is 36.2 Å². The lowest BCUT2D eigenvalue weighted by Crippen LogP contribution is -2.44. The van der Waals surface area contributed by atoms with Crippen LogP contribution in [-0.2, 0) is 16.1 Å². The number of halogens is 4. The number of likely N-dealkylation sites (tertiary alicyclic amines) is 1. The molecule has 192 valence electrons. The van der Waals surface area contributed by atoms with E-state index in [0.29, 0.717) is 46.9 Å². The Labute approximate surface area is 228 Å². The number of rotatable bonds is 5. The number of thiophene rings is 1. The fraction of sp³-hybridized carbons (Fsp3) is 0.417. The van der Waals surface area contributed by atoms with Crippen molar-refractivity contribution in [1.29, 1.82) is 0 Å². The molecule has 2 unspecified atom stereocenters. The summed E-state index contributed by atoms with van der Waals surface area (Å²) in [6.07, 6.45) is 1.04. The van der Waals surface area contributed by atoms with Crippen LogP contribution in [0.1, 0.15) is 23.3 Å². The van der Waals surface area contributed by atoms with Crippen LogP contribution in [0.2, 0.25) is 5.02 Å². The number of amides is 2. The van der Waals surface area contributed by atoms with Crippen LogP contribution in [0.4, 0.5) is 4.39 Å². The average molecular weight is 574 g/mol. The van der Waals surface area contributed by atoms with E-state index in [1.54, 1.807) is 12.1 Å². The molecule has 2 aliphatic heterocycles. The Morgan fingerprint density at radius 1 is 1.19 bits per heavy atom. The molecule has 3 aliphatic rings. The van der Waals surface area contributed by atoms with E-state index < -0.39 is 12.3 Å². The summed E-state index contributed by atoms with van der Waals surface area (Å²) in [4.78, 5) is 36.0. The molecule has 0 bridgehead atoms. The van der Waals surface area contributed by atoms with Crippen LogP contribution in [0, 0.1) is 18.8 Å². The van der Waals surface area contributed by atoms with E-state index >= 15 is 0 Å². The number of aryl methyl sites for hydroxylation is 1. The number of hydrogen-bond donors (Lipinski definition) is 1. The zero-order valence-corrected chi connectivity index (χ0v) is 22.4. The SMILES string of the molecule is Cc1cc(Cl)cc(-c2ncnc3cc(CN4C(=O)C5CC5C4=O)sc23)c1O[C@@H]1CCNC[C@H]1F.Cl.Cl. The number of hydrogen-bond acceptors (Lipinski definition) is 7. The monoisotopic (exact) mass is 572 g/mol. The van der Waals surface area contributed by atoms with Gasteiger partial charge in [0.1, 0.15) is 24.4 Å². The number of carbonyl (C=O) groups excluding carboxylic acids is 2. The molecule has 6 rings (SSSR count). The second-order valence-electron chi connectivity index (χ2n) is 9.13. The fourth-order valence-electron chi connectivity index (χ4n) is 4.88. The molecule has 12 heteroatoms. The van der Waals surface area contributed by atoms with Crippen molar-refractivity contribution < 1.29 is 18.7 Å². The first kappa shape index (κ1) is 27.0. The highest BCUT2D eigenvalue weighted by atomic mass is 35.5. The summed E-state index contributed by atoms with van der Waals surface area (Å²) < 4.78 is 21.5. The van der Waals surface area contributed by atoms with Crippen molar-refractivity contribution in [2.24, 2.45) is 11.8 Å². The van der Waals surface area contributed by atoms with Crippen molar-refractivity contribution in [1.82, 2.24) is 20.2 Å². The second-order valence-corrected chi connectivity index (χ2v) is 10.7. The Morgan fingerprint density at radius 2 is 1.94 bits per heavy atom. The molecule has 1 aliphatic carbocycles. The molecule has 2 amide bonds. The molecule has 1 N–H and O–H groups in total. The zero-order valence-electron chi connectivity index (χ0n) is 19.2. The Kier molecular flexibility index (Phi) is 7.78. The molecule has 7 nitrogen and oxygen atoms in total. The summed E-state index contributed by atoms with van der Waals surface area (Å²) >= 11 is 7.84. The summed E-state index contributed by atoms with van der Waals surface area (Å²) in [5, 5.41) is 3.57. The minimum Gasteiger partial charge on any atom is -0.486 e. The van der Waals surface area contributed by atoms with Crippen molar-refractivity contribution in [2.75, 3.05) is 13.1 Å². The average Bonchev–Trinajstić information content (AvgIpc) is 3.45. The predicted molar refractivity (Wildman–Crippen MR) is 141 cm³/mol. The molecule has 36 heavy (non-hydrogen) atoms. The van der Waals surface area contributed by atoms with Gasteiger partial charge in [-0.25, -0.2) is 14.4 Å². The van der Waals surface area contributed by atoms with E-state index in [-0.39, 0.29) is 61.6 Å². The molecule has 2 aromatic heterocycles. The maximum absolute atomic E-state index is 14.5. The van der Waals surface area contributed by atoms with Gasteiger partial charge in [0.25, 0.3) is 0 Å². The van der Waals surface area contributed by atoms with Crippen molar-refractivity contribution in [3.63, 3.8) is 0 Å². The summed E-state index contributed by atoms with van der Waals surface area (Å²) in [6.45, 7) is 3.07. The lowest BCUT2D eigenvalue weighted by atomic mass is 10.0. The number of carbonyl (C=O) groups is 2. The predicted octanol–water partition coefficient (Wildman–Crippen LogP) is 4.75.